The molecule has 0 amide bonds. The minimum atomic E-state index is -0.215. The number of imidazole rings is 1. The molecule has 0 spiro atoms. The number of hydrogen-bond donors (Lipinski definition) is 1. The summed E-state index contributed by atoms with van der Waals surface area (Å²) in [4.78, 5) is 23.5. The third kappa shape index (κ3) is 2.97. The second-order valence-corrected chi connectivity index (χ2v) is 7.63. The molecule has 1 N–H and O–H groups in total. The van der Waals surface area contributed by atoms with Gasteiger partial charge in [-0.25, -0.2) is 9.37 Å². The van der Waals surface area contributed by atoms with Crippen LogP contribution in [0.3, 0.4) is 0 Å². The smallest absolute Gasteiger partial charge is 0.150 e. The second kappa shape index (κ2) is 6.82. The molecule has 2 aromatic carbocycles. The quantitative estimate of drug-likeness (QED) is 0.482. The Hall–Kier alpha value is -3.08. The molecule has 28 heavy (non-hydrogen) atoms. The van der Waals surface area contributed by atoms with E-state index in [0.717, 1.165) is 59.7 Å². The van der Waals surface area contributed by atoms with Crippen molar-refractivity contribution in [2.45, 2.75) is 37.5 Å². The van der Waals surface area contributed by atoms with E-state index in [1.54, 1.807) is 18.2 Å². The van der Waals surface area contributed by atoms with Crippen LogP contribution in [-0.4, -0.2) is 21.2 Å². The predicted octanol–water partition coefficient (Wildman–Crippen LogP) is 5.50. The van der Waals surface area contributed by atoms with Crippen molar-refractivity contribution in [3.63, 3.8) is 0 Å². The molecule has 4 nitrogen and oxygen atoms in total. The minimum Gasteiger partial charge on any atom is -0.342 e. The first-order valence-electron chi connectivity index (χ1n) is 9.70. The van der Waals surface area contributed by atoms with E-state index in [0.29, 0.717) is 17.4 Å². The Morgan fingerprint density at radius 2 is 1.75 bits per heavy atom. The van der Waals surface area contributed by atoms with Crippen molar-refractivity contribution in [3.8, 4) is 0 Å². The fraction of sp³-hybridized carbons (Fsp3) is 0.261. The van der Waals surface area contributed by atoms with Crippen LogP contribution in [-0.2, 0) is 0 Å². The van der Waals surface area contributed by atoms with E-state index in [2.05, 4.69) is 9.97 Å². The Kier molecular flexibility index (Phi) is 4.15. The van der Waals surface area contributed by atoms with Gasteiger partial charge in [0.2, 0.25) is 0 Å². The molecule has 0 atom stereocenters. The molecule has 5 heteroatoms. The van der Waals surface area contributed by atoms with E-state index >= 15 is 0 Å². The Morgan fingerprint density at radius 3 is 2.57 bits per heavy atom. The average Bonchev–Trinajstić information content (AvgIpc) is 3.16. The van der Waals surface area contributed by atoms with E-state index < -0.39 is 0 Å². The molecule has 1 saturated carbocycles. The van der Waals surface area contributed by atoms with Crippen LogP contribution < -0.4 is 0 Å². The van der Waals surface area contributed by atoms with Crippen LogP contribution in [0.4, 0.5) is 4.39 Å². The highest BCUT2D eigenvalue weighted by atomic mass is 19.1. The molecular weight excluding hydrogens is 353 g/mol. The lowest BCUT2D eigenvalue weighted by molar-refractivity contribution is 0.112. The van der Waals surface area contributed by atoms with Crippen molar-refractivity contribution in [2.75, 3.05) is 0 Å². The topological polar surface area (TPSA) is 58.6 Å². The fourth-order valence-corrected chi connectivity index (χ4v) is 4.49. The minimum absolute atomic E-state index is 0.215. The maximum atomic E-state index is 13.8. The molecule has 4 aromatic rings. The molecule has 2 aromatic heterocycles. The van der Waals surface area contributed by atoms with E-state index in [1.807, 2.05) is 24.4 Å². The van der Waals surface area contributed by atoms with Crippen LogP contribution in [0.15, 0.2) is 48.7 Å². The lowest BCUT2D eigenvalue weighted by Crippen LogP contribution is -2.13. The summed E-state index contributed by atoms with van der Waals surface area (Å²) in [5.41, 5.74) is 4.52. The van der Waals surface area contributed by atoms with Gasteiger partial charge in [-0.3, -0.25) is 9.78 Å². The highest BCUT2D eigenvalue weighted by Crippen LogP contribution is 2.41. The first-order chi connectivity index (χ1) is 13.7. The Bertz CT molecular complexity index is 1180. The van der Waals surface area contributed by atoms with Crippen molar-refractivity contribution in [1.29, 1.82) is 0 Å². The van der Waals surface area contributed by atoms with Crippen LogP contribution in [0, 0.1) is 5.82 Å². The van der Waals surface area contributed by atoms with Crippen LogP contribution in [0.25, 0.3) is 21.9 Å². The van der Waals surface area contributed by atoms with Crippen molar-refractivity contribution in [3.05, 3.63) is 71.4 Å². The predicted molar refractivity (Wildman–Crippen MR) is 107 cm³/mol. The number of aldehydes is 1. The molecule has 1 aliphatic rings. The van der Waals surface area contributed by atoms with Gasteiger partial charge in [-0.2, -0.15) is 0 Å². The number of aromatic nitrogens is 3. The first-order valence-corrected chi connectivity index (χ1v) is 9.70. The number of carbonyl (C=O) groups is 1. The van der Waals surface area contributed by atoms with Gasteiger partial charge in [-0.15, -0.1) is 0 Å². The standard InChI is InChI=1S/C23H20FN3O/c24-17-6-8-20-19(12-17)18(9-10-25-20)15-2-4-16(5-3-15)23-26-21-7-1-14(13-28)11-22(21)27-23/h1,6-13,15-16H,2-5H2,(H,26,27). The van der Waals surface area contributed by atoms with Crippen molar-refractivity contribution in [2.24, 2.45) is 0 Å². The van der Waals surface area contributed by atoms with E-state index in [4.69, 9.17) is 4.98 Å². The lowest BCUT2D eigenvalue weighted by atomic mass is 9.77. The Labute approximate surface area is 161 Å². The average molecular weight is 373 g/mol. The summed E-state index contributed by atoms with van der Waals surface area (Å²) in [6.45, 7) is 0. The molecule has 1 fully saturated rings. The second-order valence-electron chi connectivity index (χ2n) is 7.63. The monoisotopic (exact) mass is 373 g/mol. The van der Waals surface area contributed by atoms with Gasteiger partial charge in [-0.1, -0.05) is 0 Å². The third-order valence-corrected chi connectivity index (χ3v) is 5.95. The van der Waals surface area contributed by atoms with Crippen LogP contribution in [0.1, 0.15) is 59.3 Å². The van der Waals surface area contributed by atoms with Crippen LogP contribution in [0.5, 0.6) is 0 Å². The molecule has 0 bridgehead atoms. The molecule has 140 valence electrons. The highest BCUT2D eigenvalue weighted by molar-refractivity contribution is 5.85. The highest BCUT2D eigenvalue weighted by Gasteiger charge is 2.26. The van der Waals surface area contributed by atoms with Gasteiger partial charge < -0.3 is 4.98 Å². The van der Waals surface area contributed by atoms with Gasteiger partial charge in [0.05, 0.1) is 16.6 Å². The summed E-state index contributed by atoms with van der Waals surface area (Å²) in [6, 6.07) is 12.4. The van der Waals surface area contributed by atoms with Crippen molar-refractivity contribution in [1.82, 2.24) is 15.0 Å². The van der Waals surface area contributed by atoms with Gasteiger partial charge in [0.15, 0.2) is 0 Å². The number of halogens is 1. The summed E-state index contributed by atoms with van der Waals surface area (Å²) < 4.78 is 13.8. The van der Waals surface area contributed by atoms with Gasteiger partial charge in [0, 0.05) is 23.1 Å². The number of hydrogen-bond acceptors (Lipinski definition) is 3. The van der Waals surface area contributed by atoms with E-state index in [1.165, 1.54) is 11.6 Å². The third-order valence-electron chi connectivity index (χ3n) is 5.95. The van der Waals surface area contributed by atoms with E-state index in [-0.39, 0.29) is 5.82 Å². The summed E-state index contributed by atoms with van der Waals surface area (Å²) in [6.07, 6.45) is 6.82. The van der Waals surface area contributed by atoms with Gasteiger partial charge in [0.25, 0.3) is 0 Å². The normalized spacial score (nSPS) is 19.9. The maximum absolute atomic E-state index is 13.8. The zero-order chi connectivity index (χ0) is 19.1. The zero-order valence-corrected chi connectivity index (χ0v) is 15.4. The number of nitrogens with zero attached hydrogens (tertiary/aromatic N) is 2. The summed E-state index contributed by atoms with van der Waals surface area (Å²) in [5.74, 6) is 1.58. The molecular formula is C23H20FN3O. The zero-order valence-electron chi connectivity index (χ0n) is 15.4. The number of aromatic amines is 1. The summed E-state index contributed by atoms with van der Waals surface area (Å²) in [5, 5.41) is 0.927. The molecule has 1 aliphatic carbocycles. The molecule has 0 radical (unpaired) electrons. The van der Waals surface area contributed by atoms with Gasteiger partial charge in [0.1, 0.15) is 17.9 Å². The van der Waals surface area contributed by atoms with Crippen molar-refractivity contribution >= 4 is 28.2 Å². The largest absolute Gasteiger partial charge is 0.342 e. The Morgan fingerprint density at radius 1 is 0.964 bits per heavy atom. The van der Waals surface area contributed by atoms with E-state index in [9.17, 15) is 9.18 Å². The molecule has 0 saturated heterocycles. The summed E-state index contributed by atoms with van der Waals surface area (Å²) in [7, 11) is 0. The number of pyridine rings is 1. The molecule has 2 heterocycles. The summed E-state index contributed by atoms with van der Waals surface area (Å²) >= 11 is 0. The van der Waals surface area contributed by atoms with Crippen molar-refractivity contribution < 1.29 is 9.18 Å². The number of H-pyrrole nitrogens is 1. The molecule has 5 rings (SSSR count). The lowest BCUT2D eigenvalue weighted by Gasteiger charge is -2.28. The fourth-order valence-electron chi connectivity index (χ4n) is 4.49. The van der Waals surface area contributed by atoms with Crippen LogP contribution >= 0.6 is 0 Å². The number of rotatable bonds is 3. The molecule has 0 unspecified atom stereocenters. The number of fused-ring (bicyclic) bond motifs is 2. The SMILES string of the molecule is O=Cc1ccc2nc(C3CCC(c4ccnc5ccc(F)cc45)CC3)[nH]c2c1. The van der Waals surface area contributed by atoms with Crippen LogP contribution in [0.2, 0.25) is 0 Å². The number of carbonyl (C=O) groups excluding carboxylic acids is 1. The Balaban J connectivity index is 1.38. The van der Waals surface area contributed by atoms with Gasteiger partial charge >= 0.3 is 0 Å². The molecule has 0 aliphatic heterocycles. The number of nitrogens with one attached hydrogen (secondary N) is 1. The number of benzene rings is 2. The maximum Gasteiger partial charge on any atom is 0.150 e. The first kappa shape index (κ1) is 17.0. The van der Waals surface area contributed by atoms with Gasteiger partial charge in [-0.05, 0) is 79.6 Å².